The van der Waals surface area contributed by atoms with Crippen molar-refractivity contribution in [2.45, 2.75) is 71.9 Å². The molecule has 0 radical (unpaired) electrons. The highest BCUT2D eigenvalue weighted by atomic mass is 16.4. The van der Waals surface area contributed by atoms with Crippen molar-refractivity contribution in [3.8, 4) is 0 Å². The Kier molecular flexibility index (Phi) is 6.03. The number of nitrogens with zero attached hydrogens (tertiary/aromatic N) is 3. The molecule has 2 rings (SSSR count). The van der Waals surface area contributed by atoms with Crippen molar-refractivity contribution in [1.29, 1.82) is 0 Å². The third kappa shape index (κ3) is 4.43. The van der Waals surface area contributed by atoms with E-state index in [0.717, 1.165) is 19.5 Å². The van der Waals surface area contributed by atoms with Crippen LogP contribution < -0.4 is 10.2 Å². The first-order chi connectivity index (χ1) is 10.1. The van der Waals surface area contributed by atoms with Gasteiger partial charge in [-0.25, -0.2) is 0 Å². The Bertz CT molecular complexity index is 412. The smallest absolute Gasteiger partial charge is 0.318 e. The lowest BCUT2D eigenvalue weighted by Crippen LogP contribution is -2.36. The summed E-state index contributed by atoms with van der Waals surface area (Å²) in [6, 6.07) is 1.39. The first-order valence-corrected chi connectivity index (χ1v) is 8.45. The molecule has 1 fully saturated rings. The zero-order valence-corrected chi connectivity index (χ0v) is 13.9. The molecule has 1 unspecified atom stereocenters. The van der Waals surface area contributed by atoms with Gasteiger partial charge >= 0.3 is 6.01 Å². The van der Waals surface area contributed by atoms with Crippen LogP contribution >= 0.6 is 0 Å². The molecule has 1 heterocycles. The second-order valence-corrected chi connectivity index (χ2v) is 6.58. The first-order valence-electron chi connectivity index (χ1n) is 8.45. The summed E-state index contributed by atoms with van der Waals surface area (Å²) in [6.07, 6.45) is 6.22. The Morgan fingerprint density at radius 3 is 2.57 bits per heavy atom. The maximum atomic E-state index is 5.96. The van der Waals surface area contributed by atoms with Crippen molar-refractivity contribution >= 4 is 6.01 Å². The van der Waals surface area contributed by atoms with Crippen molar-refractivity contribution in [3.05, 3.63) is 5.89 Å². The van der Waals surface area contributed by atoms with Crippen molar-refractivity contribution in [2.75, 3.05) is 18.0 Å². The highest BCUT2D eigenvalue weighted by Gasteiger charge is 2.27. The van der Waals surface area contributed by atoms with E-state index in [1.807, 2.05) is 0 Å². The number of rotatable bonds is 8. The monoisotopic (exact) mass is 294 g/mol. The van der Waals surface area contributed by atoms with Gasteiger partial charge in [-0.3, -0.25) is 0 Å². The van der Waals surface area contributed by atoms with Crippen LogP contribution in [0.3, 0.4) is 0 Å². The predicted molar refractivity (Wildman–Crippen MR) is 85.4 cm³/mol. The van der Waals surface area contributed by atoms with Gasteiger partial charge < -0.3 is 14.6 Å². The van der Waals surface area contributed by atoms with Gasteiger partial charge in [0.05, 0.1) is 6.04 Å². The highest BCUT2D eigenvalue weighted by Crippen LogP contribution is 2.29. The van der Waals surface area contributed by atoms with Crippen molar-refractivity contribution in [3.63, 3.8) is 0 Å². The molecule has 5 nitrogen and oxygen atoms in total. The standard InChI is InChI=1S/C16H30N4O/c1-5-10-17-13(4)15-18-19-16(21-15)20(11-12(2)3)14-8-6-7-9-14/h12-14,17H,5-11H2,1-4H3. The molecule has 1 saturated carbocycles. The van der Waals surface area contributed by atoms with Crippen molar-refractivity contribution in [2.24, 2.45) is 5.92 Å². The van der Waals surface area contributed by atoms with Gasteiger partial charge in [0.2, 0.25) is 5.89 Å². The Hall–Kier alpha value is -1.10. The lowest BCUT2D eigenvalue weighted by Gasteiger charge is -2.28. The molecule has 0 aromatic carbocycles. The lowest BCUT2D eigenvalue weighted by atomic mass is 10.1. The van der Waals surface area contributed by atoms with Crippen LogP contribution in [-0.4, -0.2) is 29.3 Å². The molecule has 0 amide bonds. The number of aromatic nitrogens is 2. The Labute approximate surface area is 128 Å². The maximum Gasteiger partial charge on any atom is 0.318 e. The van der Waals surface area contributed by atoms with E-state index in [9.17, 15) is 0 Å². The Balaban J connectivity index is 2.07. The Morgan fingerprint density at radius 2 is 1.95 bits per heavy atom. The minimum atomic E-state index is 0.121. The molecule has 1 aliphatic carbocycles. The average molecular weight is 294 g/mol. The zero-order chi connectivity index (χ0) is 15.2. The van der Waals surface area contributed by atoms with Crippen LogP contribution in [0.25, 0.3) is 0 Å². The van der Waals surface area contributed by atoms with Crippen LogP contribution in [0.4, 0.5) is 6.01 Å². The molecule has 0 aliphatic heterocycles. The highest BCUT2D eigenvalue weighted by molar-refractivity contribution is 5.27. The number of anilines is 1. The topological polar surface area (TPSA) is 54.2 Å². The third-order valence-electron chi connectivity index (χ3n) is 4.07. The molecule has 0 spiro atoms. The fourth-order valence-corrected chi connectivity index (χ4v) is 2.96. The molecule has 0 saturated heterocycles. The summed E-state index contributed by atoms with van der Waals surface area (Å²) < 4.78 is 5.96. The fourth-order valence-electron chi connectivity index (χ4n) is 2.96. The zero-order valence-electron chi connectivity index (χ0n) is 13.9. The summed E-state index contributed by atoms with van der Waals surface area (Å²) >= 11 is 0. The maximum absolute atomic E-state index is 5.96. The van der Waals surface area contributed by atoms with Crippen molar-refractivity contribution in [1.82, 2.24) is 15.5 Å². The molecule has 1 aromatic rings. The summed E-state index contributed by atoms with van der Waals surface area (Å²) in [5.74, 6) is 1.29. The Morgan fingerprint density at radius 1 is 1.24 bits per heavy atom. The summed E-state index contributed by atoms with van der Waals surface area (Å²) in [5, 5.41) is 12.0. The van der Waals surface area contributed by atoms with Gasteiger partial charge in [-0.2, -0.15) is 0 Å². The lowest BCUT2D eigenvalue weighted by molar-refractivity contribution is 0.399. The van der Waals surface area contributed by atoms with Gasteiger partial charge in [-0.1, -0.05) is 38.7 Å². The largest absolute Gasteiger partial charge is 0.406 e. The number of hydrogen-bond donors (Lipinski definition) is 1. The van der Waals surface area contributed by atoms with E-state index in [1.54, 1.807) is 0 Å². The van der Waals surface area contributed by atoms with Gasteiger partial charge in [-0.05, 0) is 38.6 Å². The van der Waals surface area contributed by atoms with E-state index in [-0.39, 0.29) is 6.04 Å². The van der Waals surface area contributed by atoms with Crippen LogP contribution in [-0.2, 0) is 0 Å². The van der Waals surface area contributed by atoms with Crippen LogP contribution in [0.15, 0.2) is 4.42 Å². The molecule has 0 bridgehead atoms. The molecular formula is C16H30N4O. The van der Waals surface area contributed by atoms with Gasteiger partial charge in [0.15, 0.2) is 0 Å². The summed E-state index contributed by atoms with van der Waals surface area (Å²) in [4.78, 5) is 2.33. The van der Waals surface area contributed by atoms with Crippen LogP contribution in [0.1, 0.15) is 71.7 Å². The normalized spacial score (nSPS) is 17.6. The van der Waals surface area contributed by atoms with Crippen LogP contribution in [0, 0.1) is 5.92 Å². The summed E-state index contributed by atoms with van der Waals surface area (Å²) in [5.41, 5.74) is 0. The summed E-state index contributed by atoms with van der Waals surface area (Å²) in [6.45, 7) is 10.7. The second kappa shape index (κ2) is 7.78. The fraction of sp³-hybridized carbons (Fsp3) is 0.875. The molecule has 1 atom stereocenters. The van der Waals surface area contributed by atoms with E-state index in [0.29, 0.717) is 23.9 Å². The number of nitrogens with one attached hydrogen (secondary N) is 1. The SMILES string of the molecule is CCCNC(C)c1nnc(N(CC(C)C)C2CCCC2)o1. The van der Waals surface area contributed by atoms with Gasteiger partial charge in [0.1, 0.15) is 0 Å². The predicted octanol–water partition coefficient (Wildman–Crippen LogP) is 3.54. The second-order valence-electron chi connectivity index (χ2n) is 6.58. The van der Waals surface area contributed by atoms with E-state index in [4.69, 9.17) is 4.42 Å². The molecule has 120 valence electrons. The molecule has 5 heteroatoms. The molecule has 1 aliphatic rings. The first kappa shape index (κ1) is 16.3. The van der Waals surface area contributed by atoms with E-state index >= 15 is 0 Å². The molecular weight excluding hydrogens is 264 g/mol. The van der Waals surface area contributed by atoms with Gasteiger partial charge in [-0.15, -0.1) is 5.10 Å². The molecule has 1 N–H and O–H groups in total. The summed E-state index contributed by atoms with van der Waals surface area (Å²) in [7, 11) is 0. The minimum Gasteiger partial charge on any atom is -0.406 e. The van der Waals surface area contributed by atoms with E-state index < -0.39 is 0 Å². The number of hydrogen-bond acceptors (Lipinski definition) is 5. The molecule has 1 aromatic heterocycles. The van der Waals surface area contributed by atoms with Crippen molar-refractivity contribution < 1.29 is 4.42 Å². The van der Waals surface area contributed by atoms with E-state index in [2.05, 4.69) is 48.1 Å². The van der Waals surface area contributed by atoms with Gasteiger partial charge in [0.25, 0.3) is 0 Å². The van der Waals surface area contributed by atoms with Crippen LogP contribution in [0.5, 0.6) is 0 Å². The van der Waals surface area contributed by atoms with Gasteiger partial charge in [0, 0.05) is 12.6 Å². The van der Waals surface area contributed by atoms with Crippen LogP contribution in [0.2, 0.25) is 0 Å². The molecule has 21 heavy (non-hydrogen) atoms. The third-order valence-corrected chi connectivity index (χ3v) is 4.07. The average Bonchev–Trinajstić information content (AvgIpc) is 3.12. The van der Waals surface area contributed by atoms with E-state index in [1.165, 1.54) is 25.7 Å². The quantitative estimate of drug-likeness (QED) is 0.795. The minimum absolute atomic E-state index is 0.121.